The lowest BCUT2D eigenvalue weighted by molar-refractivity contribution is 0.181. The molecule has 2 N–H and O–H groups in total. The summed E-state index contributed by atoms with van der Waals surface area (Å²) >= 11 is 0. The molecule has 3 aliphatic rings. The maximum Gasteiger partial charge on any atom is 0.0623 e. The highest BCUT2D eigenvalue weighted by Crippen LogP contribution is 2.44. The van der Waals surface area contributed by atoms with Gasteiger partial charge in [-0.15, -0.1) is 0 Å². The van der Waals surface area contributed by atoms with Gasteiger partial charge in [-0.2, -0.15) is 0 Å². The van der Waals surface area contributed by atoms with Gasteiger partial charge >= 0.3 is 0 Å². The van der Waals surface area contributed by atoms with Crippen LogP contribution in [0.25, 0.3) is 0 Å². The van der Waals surface area contributed by atoms with Gasteiger partial charge in [-0.05, 0) is 50.5 Å². The molecule has 2 saturated carbocycles. The van der Waals surface area contributed by atoms with Crippen molar-refractivity contribution in [1.82, 2.24) is 10.6 Å². The summed E-state index contributed by atoms with van der Waals surface area (Å²) in [5, 5.41) is 7.50. The van der Waals surface area contributed by atoms with Gasteiger partial charge in [0.05, 0.1) is 13.2 Å². The predicted octanol–water partition coefficient (Wildman–Crippen LogP) is 1.78. The van der Waals surface area contributed by atoms with Crippen LogP contribution < -0.4 is 10.6 Å². The maximum atomic E-state index is 5.65. The summed E-state index contributed by atoms with van der Waals surface area (Å²) in [7, 11) is 0. The van der Waals surface area contributed by atoms with Crippen molar-refractivity contribution in [2.45, 2.75) is 51.1 Å². The molecule has 0 spiro atoms. The summed E-state index contributed by atoms with van der Waals surface area (Å²) in [6.07, 6.45) is 7.07. The molecule has 1 heterocycles. The van der Waals surface area contributed by atoms with Crippen molar-refractivity contribution in [1.29, 1.82) is 0 Å². The van der Waals surface area contributed by atoms with E-state index in [0.717, 1.165) is 44.2 Å². The van der Waals surface area contributed by atoms with E-state index >= 15 is 0 Å². The lowest BCUT2D eigenvalue weighted by Gasteiger charge is -2.23. The molecule has 3 heteroatoms. The summed E-state index contributed by atoms with van der Waals surface area (Å²) in [4.78, 5) is 0. The molecule has 18 heavy (non-hydrogen) atoms. The van der Waals surface area contributed by atoms with E-state index in [1.54, 1.807) is 0 Å². The van der Waals surface area contributed by atoms with Crippen LogP contribution in [0.1, 0.15) is 39.0 Å². The molecule has 3 nitrogen and oxygen atoms in total. The zero-order chi connectivity index (χ0) is 12.4. The molecular formula is C15H28N2O. The first-order valence-electron chi connectivity index (χ1n) is 7.93. The molecule has 1 saturated heterocycles. The number of hydrogen-bond donors (Lipinski definition) is 2. The average molecular weight is 252 g/mol. The average Bonchev–Trinajstić information content (AvgIpc) is 3.28. The second-order valence-electron chi connectivity index (χ2n) is 6.47. The number of hydrogen-bond acceptors (Lipinski definition) is 3. The van der Waals surface area contributed by atoms with E-state index in [4.69, 9.17) is 4.74 Å². The highest BCUT2D eigenvalue weighted by molar-refractivity contribution is 4.97. The summed E-state index contributed by atoms with van der Waals surface area (Å²) in [5.41, 5.74) is 0. The van der Waals surface area contributed by atoms with Gasteiger partial charge in [0.15, 0.2) is 0 Å². The van der Waals surface area contributed by atoms with E-state index in [1.807, 2.05) is 0 Å². The molecule has 3 fully saturated rings. The van der Waals surface area contributed by atoms with Crippen LogP contribution in [0.3, 0.4) is 0 Å². The molecule has 1 aliphatic heterocycles. The fraction of sp³-hybridized carbons (Fsp3) is 1.00. The molecule has 104 valence electrons. The monoisotopic (exact) mass is 252 g/mol. The van der Waals surface area contributed by atoms with E-state index in [0.29, 0.717) is 12.0 Å². The van der Waals surface area contributed by atoms with Crippen LogP contribution in [-0.4, -0.2) is 38.4 Å². The number of nitrogens with one attached hydrogen (secondary N) is 2. The van der Waals surface area contributed by atoms with Crippen molar-refractivity contribution in [3.8, 4) is 0 Å². The minimum absolute atomic E-state index is 0.580. The van der Waals surface area contributed by atoms with Crippen LogP contribution >= 0.6 is 0 Å². The van der Waals surface area contributed by atoms with Crippen molar-refractivity contribution in [2.24, 2.45) is 17.8 Å². The lowest BCUT2D eigenvalue weighted by Crippen LogP contribution is -2.44. The highest BCUT2D eigenvalue weighted by atomic mass is 16.5. The van der Waals surface area contributed by atoms with E-state index in [1.165, 1.54) is 32.1 Å². The quantitative estimate of drug-likeness (QED) is 0.691. The zero-order valence-electron chi connectivity index (χ0n) is 11.7. The van der Waals surface area contributed by atoms with Gasteiger partial charge < -0.3 is 15.4 Å². The van der Waals surface area contributed by atoms with Crippen LogP contribution in [0.5, 0.6) is 0 Å². The molecular weight excluding hydrogens is 224 g/mol. The third-order valence-corrected chi connectivity index (χ3v) is 4.73. The number of ether oxygens (including phenoxy) is 1. The fourth-order valence-electron chi connectivity index (χ4n) is 3.27. The van der Waals surface area contributed by atoms with Crippen molar-refractivity contribution in [3.05, 3.63) is 0 Å². The Labute approximate surface area is 111 Å². The van der Waals surface area contributed by atoms with Gasteiger partial charge in [0.1, 0.15) is 0 Å². The molecule has 2 aliphatic carbocycles. The van der Waals surface area contributed by atoms with Gasteiger partial charge in [-0.3, -0.25) is 0 Å². The third-order valence-electron chi connectivity index (χ3n) is 4.73. The molecule has 3 rings (SSSR count). The summed E-state index contributed by atoms with van der Waals surface area (Å²) in [6, 6.07) is 1.41. The Hall–Kier alpha value is -0.120. The number of rotatable bonds is 8. The summed E-state index contributed by atoms with van der Waals surface area (Å²) in [6.45, 7) is 6.35. The Morgan fingerprint density at radius 1 is 1.11 bits per heavy atom. The van der Waals surface area contributed by atoms with Gasteiger partial charge in [-0.1, -0.05) is 6.92 Å². The van der Waals surface area contributed by atoms with Crippen molar-refractivity contribution in [2.75, 3.05) is 26.3 Å². The van der Waals surface area contributed by atoms with Crippen molar-refractivity contribution >= 4 is 0 Å². The van der Waals surface area contributed by atoms with Crippen LogP contribution in [0.15, 0.2) is 0 Å². The predicted molar refractivity (Wildman–Crippen MR) is 73.6 cm³/mol. The Balaban J connectivity index is 1.43. The van der Waals surface area contributed by atoms with E-state index < -0.39 is 0 Å². The topological polar surface area (TPSA) is 33.3 Å². The van der Waals surface area contributed by atoms with Gasteiger partial charge in [0.25, 0.3) is 0 Å². The van der Waals surface area contributed by atoms with E-state index in [9.17, 15) is 0 Å². The molecule has 2 unspecified atom stereocenters. The van der Waals surface area contributed by atoms with Crippen molar-refractivity contribution in [3.63, 3.8) is 0 Å². The summed E-state index contributed by atoms with van der Waals surface area (Å²) < 4.78 is 5.65. The molecule has 0 aromatic carbocycles. The molecule has 2 atom stereocenters. The lowest BCUT2D eigenvalue weighted by atomic mass is 10.0. The molecule has 0 aromatic heterocycles. The first-order valence-corrected chi connectivity index (χ1v) is 7.93. The fourth-order valence-corrected chi connectivity index (χ4v) is 3.27. The zero-order valence-corrected chi connectivity index (χ0v) is 11.7. The maximum absolute atomic E-state index is 5.65. The third kappa shape index (κ3) is 3.25. The van der Waals surface area contributed by atoms with Gasteiger partial charge in [-0.25, -0.2) is 0 Å². The van der Waals surface area contributed by atoms with Crippen LogP contribution in [-0.2, 0) is 4.74 Å². The second kappa shape index (κ2) is 5.89. The largest absolute Gasteiger partial charge is 0.379 e. The van der Waals surface area contributed by atoms with Crippen LogP contribution in [0.2, 0.25) is 0 Å². The first kappa shape index (κ1) is 12.9. The van der Waals surface area contributed by atoms with Crippen LogP contribution in [0.4, 0.5) is 0 Å². The SMILES string of the molecule is CCCNC1COCC1CNC(C1CC1)C1CC1. The van der Waals surface area contributed by atoms with Gasteiger partial charge in [0.2, 0.25) is 0 Å². The Bertz CT molecular complexity index is 251. The van der Waals surface area contributed by atoms with Crippen molar-refractivity contribution < 1.29 is 4.74 Å². The smallest absolute Gasteiger partial charge is 0.0623 e. The normalized spacial score (nSPS) is 32.3. The standard InChI is InChI=1S/C15H28N2O/c1-2-7-16-14-10-18-9-13(14)8-17-15(11-3-4-11)12-5-6-12/h11-17H,2-10H2,1H3. The second-order valence-corrected chi connectivity index (χ2v) is 6.47. The van der Waals surface area contributed by atoms with E-state index in [-0.39, 0.29) is 0 Å². The van der Waals surface area contributed by atoms with Crippen LogP contribution in [0, 0.1) is 17.8 Å². The Kier molecular flexibility index (Phi) is 4.22. The van der Waals surface area contributed by atoms with Gasteiger partial charge in [0, 0.05) is 24.5 Å². The van der Waals surface area contributed by atoms with E-state index in [2.05, 4.69) is 17.6 Å². The Morgan fingerprint density at radius 3 is 2.44 bits per heavy atom. The molecule has 0 radical (unpaired) electrons. The molecule has 0 aromatic rings. The minimum atomic E-state index is 0.580. The highest BCUT2D eigenvalue weighted by Gasteiger charge is 2.41. The minimum Gasteiger partial charge on any atom is -0.379 e. The first-order chi connectivity index (χ1) is 8.88. The molecule has 0 bridgehead atoms. The Morgan fingerprint density at radius 2 is 1.83 bits per heavy atom. The summed E-state index contributed by atoms with van der Waals surface area (Å²) in [5.74, 6) is 2.68. The molecule has 0 amide bonds.